The van der Waals surface area contributed by atoms with Crippen LogP contribution in [0.5, 0.6) is 11.5 Å². The minimum Gasteiger partial charge on any atom is -0.493 e. The lowest BCUT2D eigenvalue weighted by molar-refractivity contribution is 0.354. The summed E-state index contributed by atoms with van der Waals surface area (Å²) < 4.78 is 12.6. The van der Waals surface area contributed by atoms with Gasteiger partial charge in [-0.25, -0.2) is 0 Å². The van der Waals surface area contributed by atoms with Crippen LogP contribution in [0.3, 0.4) is 0 Å². The van der Waals surface area contributed by atoms with Gasteiger partial charge in [-0.3, -0.25) is 4.68 Å². The third-order valence-electron chi connectivity index (χ3n) is 3.90. The van der Waals surface area contributed by atoms with Gasteiger partial charge < -0.3 is 14.8 Å². The molecule has 1 heterocycles. The molecular weight excluding hydrogens is 290 g/mol. The highest BCUT2D eigenvalue weighted by molar-refractivity contribution is 5.42. The van der Waals surface area contributed by atoms with Gasteiger partial charge in [0.15, 0.2) is 11.5 Å². The van der Waals surface area contributed by atoms with Crippen LogP contribution in [0.2, 0.25) is 0 Å². The quantitative estimate of drug-likeness (QED) is 0.760. The molecule has 1 aromatic heterocycles. The van der Waals surface area contributed by atoms with E-state index in [9.17, 15) is 0 Å². The van der Waals surface area contributed by atoms with Gasteiger partial charge in [0.05, 0.1) is 19.9 Å². The van der Waals surface area contributed by atoms with Crippen LogP contribution in [0.15, 0.2) is 24.4 Å². The van der Waals surface area contributed by atoms with Crippen molar-refractivity contribution in [3.05, 3.63) is 41.2 Å². The lowest BCUT2D eigenvalue weighted by Gasteiger charge is -2.10. The molecule has 0 radical (unpaired) electrons. The first-order valence-corrected chi connectivity index (χ1v) is 8.01. The smallest absolute Gasteiger partial charge is 0.160 e. The second kappa shape index (κ2) is 8.02. The number of nitrogens with zero attached hydrogens (tertiary/aromatic N) is 2. The van der Waals surface area contributed by atoms with Crippen molar-refractivity contribution in [3.63, 3.8) is 0 Å². The number of nitrogens with one attached hydrogen (secondary N) is 1. The average Bonchev–Trinajstić information content (AvgIpc) is 2.92. The first-order valence-electron chi connectivity index (χ1n) is 8.01. The topological polar surface area (TPSA) is 48.3 Å². The molecule has 0 spiro atoms. The average molecular weight is 317 g/mol. The van der Waals surface area contributed by atoms with E-state index in [1.165, 1.54) is 11.1 Å². The van der Waals surface area contributed by atoms with E-state index in [4.69, 9.17) is 9.47 Å². The molecule has 2 rings (SSSR count). The molecule has 0 atom stereocenters. The van der Waals surface area contributed by atoms with Gasteiger partial charge in [-0.05, 0) is 51.4 Å². The van der Waals surface area contributed by atoms with Gasteiger partial charge in [-0.1, -0.05) is 6.07 Å². The van der Waals surface area contributed by atoms with Crippen LogP contribution in [0.4, 0.5) is 0 Å². The molecular formula is C18H27N3O2. The van der Waals surface area contributed by atoms with Crippen LogP contribution < -0.4 is 14.8 Å². The predicted octanol–water partition coefficient (Wildman–Crippen LogP) is 3.12. The maximum Gasteiger partial charge on any atom is 0.160 e. The summed E-state index contributed by atoms with van der Waals surface area (Å²) in [4.78, 5) is 0. The standard InChI is InChI=1S/C18H27N3O2/c1-13(2)21-12-16(14(3)20-21)11-19-9-8-15-6-7-17(22-4)18(10-15)23-5/h6-7,10,12-13,19H,8-9,11H2,1-5H3. The molecule has 2 aromatic rings. The first-order chi connectivity index (χ1) is 11.0. The van der Waals surface area contributed by atoms with Gasteiger partial charge in [-0.2, -0.15) is 5.10 Å². The zero-order valence-corrected chi connectivity index (χ0v) is 14.7. The van der Waals surface area contributed by atoms with Crippen LogP contribution in [0.25, 0.3) is 0 Å². The second-order valence-corrected chi connectivity index (χ2v) is 5.93. The Labute approximate surface area is 138 Å². The Morgan fingerprint density at radius 3 is 2.52 bits per heavy atom. The summed E-state index contributed by atoms with van der Waals surface area (Å²) in [5.41, 5.74) is 3.58. The van der Waals surface area contributed by atoms with Crippen molar-refractivity contribution in [3.8, 4) is 11.5 Å². The van der Waals surface area contributed by atoms with E-state index in [1.807, 2.05) is 16.8 Å². The Bertz CT molecular complexity index is 635. The van der Waals surface area contributed by atoms with Gasteiger partial charge in [0.25, 0.3) is 0 Å². The summed E-state index contributed by atoms with van der Waals surface area (Å²) in [6, 6.07) is 6.45. The molecule has 126 valence electrons. The van der Waals surface area contributed by atoms with Crippen molar-refractivity contribution >= 4 is 0 Å². The Morgan fingerprint density at radius 1 is 1.17 bits per heavy atom. The SMILES string of the molecule is COc1ccc(CCNCc2cn(C(C)C)nc2C)cc1OC. The van der Waals surface area contributed by atoms with Crippen molar-refractivity contribution in [2.24, 2.45) is 0 Å². The number of rotatable bonds is 8. The number of methoxy groups -OCH3 is 2. The van der Waals surface area contributed by atoms with E-state index < -0.39 is 0 Å². The van der Waals surface area contributed by atoms with Crippen molar-refractivity contribution in [1.82, 2.24) is 15.1 Å². The highest BCUT2D eigenvalue weighted by atomic mass is 16.5. The fraction of sp³-hybridized carbons (Fsp3) is 0.500. The maximum atomic E-state index is 5.34. The third kappa shape index (κ3) is 4.48. The number of ether oxygens (including phenoxy) is 2. The largest absolute Gasteiger partial charge is 0.493 e. The van der Waals surface area contributed by atoms with Crippen LogP contribution in [-0.4, -0.2) is 30.5 Å². The van der Waals surface area contributed by atoms with Crippen molar-refractivity contribution in [2.45, 2.75) is 39.8 Å². The molecule has 5 nitrogen and oxygen atoms in total. The monoisotopic (exact) mass is 317 g/mol. The molecule has 0 amide bonds. The number of aryl methyl sites for hydroxylation is 1. The molecule has 23 heavy (non-hydrogen) atoms. The van der Waals surface area contributed by atoms with Crippen LogP contribution in [0.1, 0.15) is 36.7 Å². The molecule has 0 aliphatic heterocycles. The van der Waals surface area contributed by atoms with E-state index in [2.05, 4.69) is 43.4 Å². The minimum atomic E-state index is 0.397. The molecule has 0 bridgehead atoms. The lowest BCUT2D eigenvalue weighted by Crippen LogP contribution is -2.17. The number of benzene rings is 1. The normalized spacial score (nSPS) is 11.0. The first kappa shape index (κ1) is 17.3. The van der Waals surface area contributed by atoms with Crippen molar-refractivity contribution < 1.29 is 9.47 Å². The number of hydrogen-bond acceptors (Lipinski definition) is 4. The summed E-state index contributed by atoms with van der Waals surface area (Å²) in [6.07, 6.45) is 3.07. The van der Waals surface area contributed by atoms with E-state index in [-0.39, 0.29) is 0 Å². The molecule has 5 heteroatoms. The fourth-order valence-corrected chi connectivity index (χ4v) is 2.45. The van der Waals surface area contributed by atoms with Crippen LogP contribution in [-0.2, 0) is 13.0 Å². The van der Waals surface area contributed by atoms with Gasteiger partial charge in [-0.15, -0.1) is 0 Å². The Hall–Kier alpha value is -2.01. The highest BCUT2D eigenvalue weighted by Crippen LogP contribution is 2.27. The predicted molar refractivity (Wildman–Crippen MR) is 92.3 cm³/mol. The molecule has 0 fully saturated rings. The fourth-order valence-electron chi connectivity index (χ4n) is 2.45. The number of aromatic nitrogens is 2. The highest BCUT2D eigenvalue weighted by Gasteiger charge is 2.07. The second-order valence-electron chi connectivity index (χ2n) is 5.93. The van der Waals surface area contributed by atoms with Gasteiger partial charge in [0.1, 0.15) is 0 Å². The van der Waals surface area contributed by atoms with Gasteiger partial charge in [0, 0.05) is 24.3 Å². The summed E-state index contributed by atoms with van der Waals surface area (Å²) >= 11 is 0. The molecule has 0 unspecified atom stereocenters. The molecule has 0 saturated heterocycles. The molecule has 0 aliphatic rings. The summed E-state index contributed by atoms with van der Waals surface area (Å²) in [5.74, 6) is 1.54. The molecule has 1 aromatic carbocycles. The zero-order valence-electron chi connectivity index (χ0n) is 14.7. The molecule has 0 aliphatic carbocycles. The van der Waals surface area contributed by atoms with E-state index >= 15 is 0 Å². The van der Waals surface area contributed by atoms with E-state index in [0.29, 0.717) is 6.04 Å². The van der Waals surface area contributed by atoms with Gasteiger partial charge >= 0.3 is 0 Å². The molecule has 1 N–H and O–H groups in total. The van der Waals surface area contributed by atoms with Crippen molar-refractivity contribution in [2.75, 3.05) is 20.8 Å². The van der Waals surface area contributed by atoms with E-state index in [0.717, 1.165) is 36.7 Å². The molecule has 0 saturated carbocycles. The zero-order chi connectivity index (χ0) is 16.8. The van der Waals surface area contributed by atoms with Crippen LogP contribution >= 0.6 is 0 Å². The summed E-state index contributed by atoms with van der Waals surface area (Å²) in [6.45, 7) is 8.08. The van der Waals surface area contributed by atoms with Crippen molar-refractivity contribution in [1.29, 1.82) is 0 Å². The van der Waals surface area contributed by atoms with Gasteiger partial charge in [0.2, 0.25) is 0 Å². The van der Waals surface area contributed by atoms with Crippen LogP contribution in [0, 0.1) is 6.92 Å². The Balaban J connectivity index is 1.86. The Kier molecular flexibility index (Phi) is 6.04. The third-order valence-corrected chi connectivity index (χ3v) is 3.90. The number of hydrogen-bond donors (Lipinski definition) is 1. The van der Waals surface area contributed by atoms with E-state index in [1.54, 1.807) is 14.2 Å². The maximum absolute atomic E-state index is 5.34. The summed E-state index contributed by atoms with van der Waals surface area (Å²) in [7, 11) is 3.31. The lowest BCUT2D eigenvalue weighted by atomic mass is 10.1. The summed E-state index contributed by atoms with van der Waals surface area (Å²) in [5, 5.41) is 8.02. The Morgan fingerprint density at radius 2 is 1.91 bits per heavy atom. The minimum absolute atomic E-state index is 0.397.